The molecule has 0 atom stereocenters. The number of hydrogen-bond donors (Lipinski definition) is 1. The lowest BCUT2D eigenvalue weighted by Gasteiger charge is -2.08. The molecule has 1 saturated carbocycles. The first-order valence-electron chi connectivity index (χ1n) is 7.04. The van der Waals surface area contributed by atoms with Crippen LogP contribution in [0.4, 0.5) is 0 Å². The number of aromatic nitrogens is 4. The summed E-state index contributed by atoms with van der Waals surface area (Å²) in [6.45, 7) is 6.17. The Hall–Kier alpha value is -1.40. The van der Waals surface area contributed by atoms with Gasteiger partial charge in [0.15, 0.2) is 0 Å². The first-order chi connectivity index (χ1) is 9.78. The first-order valence-corrected chi connectivity index (χ1v) is 7.85. The summed E-state index contributed by atoms with van der Waals surface area (Å²) in [5.74, 6) is 0. The molecule has 1 aromatic carbocycles. The van der Waals surface area contributed by atoms with E-state index in [0.717, 1.165) is 18.2 Å². The van der Waals surface area contributed by atoms with Crippen molar-refractivity contribution in [1.29, 1.82) is 0 Å². The Morgan fingerprint density at radius 1 is 1.40 bits per heavy atom. The monoisotopic (exact) mass is 289 g/mol. The van der Waals surface area contributed by atoms with Gasteiger partial charge in [-0.3, -0.25) is 0 Å². The summed E-state index contributed by atoms with van der Waals surface area (Å²) >= 11 is 1.65. The topological polar surface area (TPSA) is 55.6 Å². The lowest BCUT2D eigenvalue weighted by molar-refractivity contribution is 0.565. The molecule has 6 heteroatoms. The van der Waals surface area contributed by atoms with Gasteiger partial charge in [0, 0.05) is 11.4 Å². The molecule has 0 amide bonds. The van der Waals surface area contributed by atoms with Crippen molar-refractivity contribution in [2.24, 2.45) is 0 Å². The Morgan fingerprint density at radius 3 is 2.95 bits per heavy atom. The average molecular weight is 289 g/mol. The van der Waals surface area contributed by atoms with Gasteiger partial charge in [-0.2, -0.15) is 0 Å². The molecule has 1 N–H and O–H groups in total. The van der Waals surface area contributed by atoms with Crippen LogP contribution in [-0.4, -0.2) is 26.8 Å². The fourth-order valence-corrected chi connectivity index (χ4v) is 3.01. The van der Waals surface area contributed by atoms with Crippen LogP contribution in [0.15, 0.2) is 28.3 Å². The molecule has 1 fully saturated rings. The molecule has 0 bridgehead atoms. The first kappa shape index (κ1) is 13.6. The van der Waals surface area contributed by atoms with Crippen molar-refractivity contribution in [2.45, 2.75) is 49.3 Å². The molecule has 1 aliphatic rings. The van der Waals surface area contributed by atoms with E-state index >= 15 is 0 Å². The molecule has 0 radical (unpaired) electrons. The second-order valence-electron chi connectivity index (χ2n) is 5.12. The van der Waals surface area contributed by atoms with Crippen molar-refractivity contribution < 1.29 is 0 Å². The zero-order valence-corrected chi connectivity index (χ0v) is 12.7. The van der Waals surface area contributed by atoms with Crippen LogP contribution in [0.1, 0.15) is 36.9 Å². The Labute approximate surface area is 123 Å². The van der Waals surface area contributed by atoms with Gasteiger partial charge in [0.2, 0.25) is 5.16 Å². The minimum Gasteiger partial charge on any atom is -0.313 e. The largest absolute Gasteiger partial charge is 0.313 e. The van der Waals surface area contributed by atoms with Crippen LogP contribution in [0.3, 0.4) is 0 Å². The Morgan fingerprint density at radius 2 is 2.25 bits per heavy atom. The number of rotatable bonds is 6. The van der Waals surface area contributed by atoms with E-state index in [-0.39, 0.29) is 0 Å². The molecule has 0 spiro atoms. The highest BCUT2D eigenvalue weighted by atomic mass is 32.2. The van der Waals surface area contributed by atoms with Gasteiger partial charge in [0.25, 0.3) is 0 Å². The summed E-state index contributed by atoms with van der Waals surface area (Å²) in [4.78, 5) is 1.22. The number of tetrazole rings is 1. The van der Waals surface area contributed by atoms with Crippen LogP contribution in [0, 0.1) is 6.92 Å². The summed E-state index contributed by atoms with van der Waals surface area (Å²) in [6.07, 6.45) is 2.39. The molecule has 1 aliphatic carbocycles. The minimum absolute atomic E-state index is 0.515. The minimum atomic E-state index is 0.515. The van der Waals surface area contributed by atoms with E-state index in [1.165, 1.54) is 28.9 Å². The third kappa shape index (κ3) is 3.02. The molecule has 1 heterocycles. The van der Waals surface area contributed by atoms with Crippen molar-refractivity contribution in [3.63, 3.8) is 0 Å². The van der Waals surface area contributed by atoms with E-state index in [4.69, 9.17) is 0 Å². The number of hydrogen-bond acceptors (Lipinski definition) is 5. The summed E-state index contributed by atoms with van der Waals surface area (Å²) < 4.78 is 1.96. The molecule has 3 rings (SSSR count). The third-order valence-corrected chi connectivity index (χ3v) is 4.50. The summed E-state index contributed by atoms with van der Waals surface area (Å²) in [5.41, 5.74) is 2.59. The van der Waals surface area contributed by atoms with Gasteiger partial charge >= 0.3 is 0 Å². The molecule has 0 unspecified atom stereocenters. The lowest BCUT2D eigenvalue weighted by Crippen LogP contribution is -2.11. The van der Waals surface area contributed by atoms with Crippen LogP contribution < -0.4 is 5.32 Å². The van der Waals surface area contributed by atoms with Crippen molar-refractivity contribution >= 4 is 11.8 Å². The summed E-state index contributed by atoms with van der Waals surface area (Å²) in [5, 5.41) is 16.3. The number of nitrogens with one attached hydrogen (secondary N) is 1. The average Bonchev–Trinajstić information content (AvgIpc) is 3.19. The van der Waals surface area contributed by atoms with Gasteiger partial charge in [-0.1, -0.05) is 19.1 Å². The molecule has 1 aromatic heterocycles. The molecule has 106 valence electrons. The zero-order valence-electron chi connectivity index (χ0n) is 11.8. The number of benzene rings is 1. The summed E-state index contributed by atoms with van der Waals surface area (Å²) in [6, 6.07) is 7.08. The highest BCUT2D eigenvalue weighted by Gasteiger charge is 2.28. The molecule has 2 aromatic rings. The zero-order chi connectivity index (χ0) is 13.9. The predicted molar refractivity (Wildman–Crippen MR) is 78.8 cm³/mol. The Balaban J connectivity index is 1.75. The van der Waals surface area contributed by atoms with Crippen LogP contribution in [-0.2, 0) is 6.54 Å². The Bertz CT molecular complexity index is 591. The lowest BCUT2D eigenvalue weighted by atomic mass is 10.1. The SMILES string of the molecule is CCNCc1ccc(Sc2nnnn2C2CC2)c(C)c1. The fourth-order valence-electron chi connectivity index (χ4n) is 2.10. The molecule has 20 heavy (non-hydrogen) atoms. The number of nitrogens with zero attached hydrogens (tertiary/aromatic N) is 4. The van der Waals surface area contributed by atoms with E-state index in [1.807, 2.05) is 4.68 Å². The smallest absolute Gasteiger partial charge is 0.214 e. The van der Waals surface area contributed by atoms with Gasteiger partial charge in [-0.05, 0) is 65.7 Å². The maximum Gasteiger partial charge on any atom is 0.214 e. The van der Waals surface area contributed by atoms with Crippen molar-refractivity contribution in [3.8, 4) is 0 Å². The normalized spacial score (nSPS) is 14.7. The maximum absolute atomic E-state index is 4.14. The van der Waals surface area contributed by atoms with E-state index in [2.05, 4.69) is 52.9 Å². The second-order valence-corrected chi connectivity index (χ2v) is 6.13. The van der Waals surface area contributed by atoms with E-state index < -0.39 is 0 Å². The second kappa shape index (κ2) is 5.93. The van der Waals surface area contributed by atoms with E-state index in [0.29, 0.717) is 6.04 Å². The van der Waals surface area contributed by atoms with Gasteiger partial charge in [-0.25, -0.2) is 4.68 Å². The van der Waals surface area contributed by atoms with Gasteiger partial charge in [0.1, 0.15) is 0 Å². The van der Waals surface area contributed by atoms with Crippen molar-refractivity contribution in [3.05, 3.63) is 29.3 Å². The van der Waals surface area contributed by atoms with E-state index in [9.17, 15) is 0 Å². The standard InChI is InChI=1S/C14H19N5S/c1-3-15-9-11-4-7-13(10(2)8-11)20-14-16-17-18-19(14)12-5-6-12/h4,7-8,12,15H,3,5-6,9H2,1-2H3. The van der Waals surface area contributed by atoms with Crippen LogP contribution in [0.2, 0.25) is 0 Å². The highest BCUT2D eigenvalue weighted by Crippen LogP contribution is 2.38. The molecular formula is C14H19N5S. The quantitative estimate of drug-likeness (QED) is 0.886. The van der Waals surface area contributed by atoms with Crippen LogP contribution in [0.5, 0.6) is 0 Å². The van der Waals surface area contributed by atoms with Crippen molar-refractivity contribution in [1.82, 2.24) is 25.5 Å². The fraction of sp³-hybridized carbons (Fsp3) is 0.500. The number of aryl methyl sites for hydroxylation is 1. The molecule has 5 nitrogen and oxygen atoms in total. The maximum atomic E-state index is 4.14. The predicted octanol–water partition coefficient (Wildman–Crippen LogP) is 2.58. The highest BCUT2D eigenvalue weighted by molar-refractivity contribution is 7.99. The Kier molecular flexibility index (Phi) is 4.03. The van der Waals surface area contributed by atoms with E-state index in [1.54, 1.807) is 11.8 Å². The van der Waals surface area contributed by atoms with Crippen LogP contribution >= 0.6 is 11.8 Å². The van der Waals surface area contributed by atoms with Gasteiger partial charge < -0.3 is 5.32 Å². The van der Waals surface area contributed by atoms with Crippen molar-refractivity contribution in [2.75, 3.05) is 6.54 Å². The third-order valence-electron chi connectivity index (χ3n) is 3.38. The molecular weight excluding hydrogens is 270 g/mol. The molecule has 0 saturated heterocycles. The van der Waals surface area contributed by atoms with Gasteiger partial charge in [-0.15, -0.1) is 5.10 Å². The molecule has 0 aliphatic heterocycles. The van der Waals surface area contributed by atoms with Crippen LogP contribution in [0.25, 0.3) is 0 Å². The summed E-state index contributed by atoms with van der Waals surface area (Å²) in [7, 11) is 0. The van der Waals surface area contributed by atoms with Gasteiger partial charge in [0.05, 0.1) is 6.04 Å².